The van der Waals surface area contributed by atoms with E-state index in [0.717, 1.165) is 51.7 Å². The fourth-order valence-corrected chi connectivity index (χ4v) is 2.68. The van der Waals surface area contributed by atoms with Crippen molar-refractivity contribution >= 4 is 11.9 Å². The van der Waals surface area contributed by atoms with Crippen LogP contribution in [0.5, 0.6) is 0 Å². The summed E-state index contributed by atoms with van der Waals surface area (Å²) < 4.78 is 0. The van der Waals surface area contributed by atoms with Gasteiger partial charge in [0.05, 0.1) is 6.04 Å². The van der Waals surface area contributed by atoms with E-state index in [4.69, 9.17) is 5.11 Å². The Morgan fingerprint density at radius 1 is 1.40 bits per heavy atom. The van der Waals surface area contributed by atoms with Crippen LogP contribution >= 0.6 is 0 Å². The van der Waals surface area contributed by atoms with Gasteiger partial charge in [-0.15, -0.1) is 0 Å². The zero-order valence-corrected chi connectivity index (χ0v) is 12.7. The Labute approximate surface area is 121 Å². The molecular formula is C15H28N2O3. The maximum absolute atomic E-state index is 12.0. The van der Waals surface area contributed by atoms with Crippen molar-refractivity contribution in [2.24, 2.45) is 5.92 Å². The molecule has 2 N–H and O–H groups in total. The number of hydrogen-bond acceptors (Lipinski definition) is 3. The van der Waals surface area contributed by atoms with E-state index in [1.807, 2.05) is 6.92 Å². The van der Waals surface area contributed by atoms with Crippen LogP contribution in [-0.2, 0) is 9.59 Å². The predicted molar refractivity (Wildman–Crippen MR) is 78.5 cm³/mol. The van der Waals surface area contributed by atoms with Crippen LogP contribution in [-0.4, -0.2) is 47.6 Å². The lowest BCUT2D eigenvalue weighted by molar-refractivity contribution is -0.137. The summed E-state index contributed by atoms with van der Waals surface area (Å²) >= 11 is 0. The number of nitrogens with zero attached hydrogens (tertiary/aromatic N) is 1. The second kappa shape index (κ2) is 8.95. The number of carbonyl (C=O) groups is 2. The Hall–Kier alpha value is -1.10. The molecule has 2 unspecified atom stereocenters. The fraction of sp³-hybridized carbons (Fsp3) is 0.867. The Kier molecular flexibility index (Phi) is 7.59. The van der Waals surface area contributed by atoms with Crippen LogP contribution in [0.4, 0.5) is 0 Å². The molecule has 0 aromatic rings. The average Bonchev–Trinajstić information content (AvgIpc) is 2.89. The van der Waals surface area contributed by atoms with E-state index < -0.39 is 5.97 Å². The number of aliphatic carboxylic acids is 1. The molecule has 2 atom stereocenters. The monoisotopic (exact) mass is 284 g/mol. The van der Waals surface area contributed by atoms with Crippen molar-refractivity contribution in [3.63, 3.8) is 0 Å². The lowest BCUT2D eigenvalue weighted by Gasteiger charge is -2.23. The Morgan fingerprint density at radius 2 is 2.15 bits per heavy atom. The smallest absolute Gasteiger partial charge is 0.303 e. The van der Waals surface area contributed by atoms with Crippen molar-refractivity contribution in [3.8, 4) is 0 Å². The number of hydrogen-bond donors (Lipinski definition) is 2. The average molecular weight is 284 g/mol. The lowest BCUT2D eigenvalue weighted by Crippen LogP contribution is -2.44. The number of nitrogens with one attached hydrogen (secondary N) is 1. The normalized spacial score (nSPS) is 20.8. The molecule has 5 nitrogen and oxygen atoms in total. The van der Waals surface area contributed by atoms with E-state index in [0.29, 0.717) is 5.92 Å². The first-order valence-corrected chi connectivity index (χ1v) is 7.78. The Morgan fingerprint density at radius 3 is 2.80 bits per heavy atom. The van der Waals surface area contributed by atoms with Gasteiger partial charge in [0.15, 0.2) is 0 Å². The molecule has 1 saturated heterocycles. The highest BCUT2D eigenvalue weighted by Crippen LogP contribution is 2.22. The molecule has 0 radical (unpaired) electrons. The maximum atomic E-state index is 12.0. The van der Waals surface area contributed by atoms with Crippen LogP contribution in [0.15, 0.2) is 0 Å². The largest absolute Gasteiger partial charge is 0.481 e. The number of amides is 1. The summed E-state index contributed by atoms with van der Waals surface area (Å²) in [5.41, 5.74) is 0. The van der Waals surface area contributed by atoms with Crippen molar-refractivity contribution in [1.29, 1.82) is 0 Å². The van der Waals surface area contributed by atoms with Crippen molar-refractivity contribution < 1.29 is 14.7 Å². The topological polar surface area (TPSA) is 69.6 Å². The van der Waals surface area contributed by atoms with Gasteiger partial charge in [0.2, 0.25) is 5.91 Å². The third kappa shape index (κ3) is 5.90. The van der Waals surface area contributed by atoms with Crippen molar-refractivity contribution in [2.45, 2.75) is 58.4 Å². The van der Waals surface area contributed by atoms with Gasteiger partial charge in [0.25, 0.3) is 0 Å². The molecule has 1 fully saturated rings. The molecule has 20 heavy (non-hydrogen) atoms. The van der Waals surface area contributed by atoms with Gasteiger partial charge >= 0.3 is 5.97 Å². The molecule has 5 heteroatoms. The van der Waals surface area contributed by atoms with E-state index in [1.54, 1.807) is 0 Å². The highest BCUT2D eigenvalue weighted by Gasteiger charge is 2.29. The zero-order chi connectivity index (χ0) is 15.0. The SMILES string of the molecule is CCCCCNC(=O)C(C)N1CCC(CCC(=O)O)C1. The summed E-state index contributed by atoms with van der Waals surface area (Å²) in [4.78, 5) is 24.8. The maximum Gasteiger partial charge on any atom is 0.303 e. The molecule has 116 valence electrons. The van der Waals surface area contributed by atoms with Crippen molar-refractivity contribution in [3.05, 3.63) is 0 Å². The summed E-state index contributed by atoms with van der Waals surface area (Å²) in [7, 11) is 0. The van der Waals surface area contributed by atoms with Crippen LogP contribution in [0.3, 0.4) is 0 Å². The summed E-state index contributed by atoms with van der Waals surface area (Å²) in [5.74, 6) is -0.216. The van der Waals surface area contributed by atoms with Gasteiger partial charge < -0.3 is 10.4 Å². The molecule has 0 bridgehead atoms. The van der Waals surface area contributed by atoms with E-state index in [1.165, 1.54) is 0 Å². The van der Waals surface area contributed by atoms with Gasteiger partial charge in [-0.1, -0.05) is 19.8 Å². The van der Waals surface area contributed by atoms with Crippen molar-refractivity contribution in [1.82, 2.24) is 10.2 Å². The third-order valence-electron chi connectivity index (χ3n) is 4.09. The minimum Gasteiger partial charge on any atom is -0.481 e. The number of carboxylic acid groups (broad SMARTS) is 1. The van der Waals surface area contributed by atoms with Gasteiger partial charge in [-0.25, -0.2) is 0 Å². The Bertz CT molecular complexity index is 320. The molecule has 0 aliphatic carbocycles. The molecule has 1 rings (SSSR count). The van der Waals surface area contributed by atoms with Crippen LogP contribution in [0, 0.1) is 5.92 Å². The second-order valence-electron chi connectivity index (χ2n) is 5.76. The van der Waals surface area contributed by atoms with E-state index in [2.05, 4.69) is 17.1 Å². The highest BCUT2D eigenvalue weighted by atomic mass is 16.4. The summed E-state index contributed by atoms with van der Waals surface area (Å²) in [6.07, 6.45) is 5.29. The summed E-state index contributed by atoms with van der Waals surface area (Å²) in [5, 5.41) is 11.7. The predicted octanol–water partition coefficient (Wildman–Crippen LogP) is 1.87. The van der Waals surface area contributed by atoms with E-state index >= 15 is 0 Å². The minimum absolute atomic E-state index is 0.0972. The van der Waals surface area contributed by atoms with E-state index in [-0.39, 0.29) is 18.4 Å². The molecular weight excluding hydrogens is 256 g/mol. The van der Waals surface area contributed by atoms with E-state index in [9.17, 15) is 9.59 Å². The fourth-order valence-electron chi connectivity index (χ4n) is 2.68. The third-order valence-corrected chi connectivity index (χ3v) is 4.09. The quantitative estimate of drug-likeness (QED) is 0.634. The molecule has 1 heterocycles. The second-order valence-corrected chi connectivity index (χ2v) is 5.76. The highest BCUT2D eigenvalue weighted by molar-refractivity contribution is 5.81. The van der Waals surface area contributed by atoms with Gasteiger partial charge in [0, 0.05) is 19.5 Å². The summed E-state index contributed by atoms with van der Waals surface area (Å²) in [6, 6.07) is -0.105. The molecule has 1 amide bonds. The van der Waals surface area contributed by atoms with Gasteiger partial charge in [-0.2, -0.15) is 0 Å². The number of rotatable bonds is 9. The molecule has 1 aliphatic rings. The Balaban J connectivity index is 2.24. The first-order chi connectivity index (χ1) is 9.54. The first kappa shape index (κ1) is 17.0. The zero-order valence-electron chi connectivity index (χ0n) is 12.7. The standard InChI is InChI=1S/C15H28N2O3/c1-3-4-5-9-16-15(20)12(2)17-10-8-13(11-17)6-7-14(18)19/h12-13H,3-11H2,1-2H3,(H,16,20)(H,18,19). The van der Waals surface area contributed by atoms with Crippen molar-refractivity contribution in [2.75, 3.05) is 19.6 Å². The molecule has 0 saturated carbocycles. The minimum atomic E-state index is -0.731. The summed E-state index contributed by atoms with van der Waals surface area (Å²) in [6.45, 7) is 6.58. The van der Waals surface area contributed by atoms with Gasteiger partial charge in [-0.05, 0) is 38.6 Å². The first-order valence-electron chi connectivity index (χ1n) is 7.78. The number of likely N-dealkylation sites (tertiary alicyclic amines) is 1. The number of carboxylic acids is 1. The molecule has 0 aromatic carbocycles. The lowest BCUT2D eigenvalue weighted by atomic mass is 10.0. The number of unbranched alkanes of at least 4 members (excludes halogenated alkanes) is 2. The number of carbonyl (C=O) groups excluding carboxylic acids is 1. The van der Waals surface area contributed by atoms with Crippen LogP contribution in [0.2, 0.25) is 0 Å². The van der Waals surface area contributed by atoms with Crippen LogP contribution < -0.4 is 5.32 Å². The molecule has 0 aromatic heterocycles. The molecule has 1 aliphatic heterocycles. The molecule has 0 spiro atoms. The van der Waals surface area contributed by atoms with Gasteiger partial charge in [-0.3, -0.25) is 14.5 Å². The van der Waals surface area contributed by atoms with Gasteiger partial charge in [0.1, 0.15) is 0 Å². The van der Waals surface area contributed by atoms with Crippen LogP contribution in [0.1, 0.15) is 52.4 Å². The van der Waals surface area contributed by atoms with Crippen LogP contribution in [0.25, 0.3) is 0 Å².